The van der Waals surface area contributed by atoms with Crippen molar-refractivity contribution in [3.63, 3.8) is 0 Å². The monoisotopic (exact) mass is 252 g/mol. The molecule has 0 aliphatic heterocycles. The lowest BCUT2D eigenvalue weighted by molar-refractivity contribution is 0.571. The minimum atomic E-state index is -3.37. The molecule has 0 N–H and O–H groups in total. The molecular weight excluding hydrogens is 240 g/mol. The summed E-state index contributed by atoms with van der Waals surface area (Å²) >= 11 is 0. The molecule has 0 amide bonds. The maximum Gasteiger partial charge on any atom is 0.244 e. The highest BCUT2D eigenvalue weighted by atomic mass is 32.2. The molecule has 0 unspecified atom stereocenters. The highest BCUT2D eigenvalue weighted by Gasteiger charge is 2.31. The highest BCUT2D eigenvalue weighted by Crippen LogP contribution is 2.27. The molecule has 2 heterocycles. The lowest BCUT2D eigenvalue weighted by Crippen LogP contribution is -2.24. The van der Waals surface area contributed by atoms with Crippen LogP contribution in [0.25, 0.3) is 11.3 Å². The summed E-state index contributed by atoms with van der Waals surface area (Å²) in [7, 11) is -3.37. The van der Waals surface area contributed by atoms with Gasteiger partial charge in [-0.1, -0.05) is 12.8 Å². The van der Waals surface area contributed by atoms with Gasteiger partial charge in [0.1, 0.15) is 6.33 Å². The second-order valence-corrected chi connectivity index (χ2v) is 6.29. The van der Waals surface area contributed by atoms with E-state index in [1.807, 2.05) is 0 Å². The first kappa shape index (κ1) is 10.6. The maximum atomic E-state index is 12.4. The molecule has 17 heavy (non-hydrogen) atoms. The summed E-state index contributed by atoms with van der Waals surface area (Å²) in [5, 5.41) is -0.304. The van der Waals surface area contributed by atoms with Gasteiger partial charge in [0.2, 0.25) is 10.0 Å². The molecule has 90 valence electrons. The number of aromatic nitrogens is 4. The van der Waals surface area contributed by atoms with Crippen molar-refractivity contribution in [3.8, 4) is 0 Å². The highest BCUT2D eigenvalue weighted by molar-refractivity contribution is 7.90. The largest absolute Gasteiger partial charge is 0.244 e. The summed E-state index contributed by atoms with van der Waals surface area (Å²) in [5.74, 6) is 0. The number of fused-ring (bicyclic) bond motifs is 1. The Hall–Kier alpha value is -1.50. The summed E-state index contributed by atoms with van der Waals surface area (Å²) in [6, 6.07) is 0. The van der Waals surface area contributed by atoms with E-state index in [-0.39, 0.29) is 5.25 Å². The fraction of sp³-hybridized carbons (Fsp3) is 0.500. The van der Waals surface area contributed by atoms with E-state index in [1.165, 1.54) is 22.7 Å². The van der Waals surface area contributed by atoms with Gasteiger partial charge in [-0.05, 0) is 12.8 Å². The van der Waals surface area contributed by atoms with Gasteiger partial charge in [0, 0.05) is 12.4 Å². The van der Waals surface area contributed by atoms with Crippen molar-refractivity contribution >= 4 is 21.3 Å². The van der Waals surface area contributed by atoms with Crippen LogP contribution in [0.3, 0.4) is 0 Å². The molecular formula is C10H12N4O2S. The van der Waals surface area contributed by atoms with Crippen molar-refractivity contribution < 1.29 is 8.42 Å². The Labute approximate surface area is 98.8 Å². The number of nitrogens with zero attached hydrogens (tertiary/aromatic N) is 4. The van der Waals surface area contributed by atoms with Crippen LogP contribution in [0.15, 0.2) is 18.7 Å². The molecule has 2 aromatic heterocycles. The molecule has 1 fully saturated rings. The molecule has 7 heteroatoms. The summed E-state index contributed by atoms with van der Waals surface area (Å²) < 4.78 is 25.9. The Bertz CT molecular complexity index is 643. The van der Waals surface area contributed by atoms with Crippen LogP contribution in [0, 0.1) is 0 Å². The van der Waals surface area contributed by atoms with Gasteiger partial charge in [-0.3, -0.25) is 0 Å². The van der Waals surface area contributed by atoms with Gasteiger partial charge in [0.25, 0.3) is 0 Å². The molecule has 3 rings (SSSR count). The fourth-order valence-corrected chi connectivity index (χ4v) is 4.06. The predicted molar refractivity (Wildman–Crippen MR) is 61.9 cm³/mol. The minimum Gasteiger partial charge on any atom is -0.233 e. The Morgan fingerprint density at radius 2 is 1.82 bits per heavy atom. The number of imidazole rings is 1. The van der Waals surface area contributed by atoms with E-state index < -0.39 is 10.0 Å². The lowest BCUT2D eigenvalue weighted by Gasteiger charge is -2.11. The standard InChI is InChI=1S/C10H12N4O2S/c15-17(16,8-3-1-2-4-8)14-7-13-9-10(14)12-6-5-11-9/h5-8H,1-4H2. The summed E-state index contributed by atoms with van der Waals surface area (Å²) in [6.07, 6.45) is 7.68. The zero-order chi connectivity index (χ0) is 11.9. The van der Waals surface area contributed by atoms with Crippen molar-refractivity contribution in [2.24, 2.45) is 0 Å². The van der Waals surface area contributed by atoms with Gasteiger partial charge in [0.05, 0.1) is 5.25 Å². The van der Waals surface area contributed by atoms with Gasteiger partial charge in [-0.2, -0.15) is 0 Å². The van der Waals surface area contributed by atoms with Crippen LogP contribution in [0.1, 0.15) is 25.7 Å². The molecule has 0 aromatic carbocycles. The van der Waals surface area contributed by atoms with Crippen molar-refractivity contribution in [1.82, 2.24) is 18.9 Å². The number of hydrogen-bond donors (Lipinski definition) is 0. The van der Waals surface area contributed by atoms with Crippen molar-refractivity contribution in [3.05, 3.63) is 18.7 Å². The molecule has 1 aliphatic carbocycles. The lowest BCUT2D eigenvalue weighted by atomic mass is 10.4. The first-order valence-corrected chi connectivity index (χ1v) is 7.08. The fourth-order valence-electron chi connectivity index (χ4n) is 2.26. The van der Waals surface area contributed by atoms with E-state index >= 15 is 0 Å². The molecule has 0 atom stereocenters. The smallest absolute Gasteiger partial charge is 0.233 e. The summed E-state index contributed by atoms with van der Waals surface area (Å²) in [5.41, 5.74) is 0.688. The van der Waals surface area contributed by atoms with Crippen LogP contribution in [-0.2, 0) is 10.0 Å². The molecule has 6 nitrogen and oxygen atoms in total. The van der Waals surface area contributed by atoms with E-state index in [1.54, 1.807) is 0 Å². The Balaban J connectivity index is 2.14. The summed E-state index contributed by atoms with van der Waals surface area (Å²) in [6.45, 7) is 0. The number of rotatable bonds is 2. The molecule has 0 radical (unpaired) electrons. The molecule has 0 spiro atoms. The molecule has 2 aromatic rings. The van der Waals surface area contributed by atoms with E-state index in [2.05, 4.69) is 15.0 Å². The van der Waals surface area contributed by atoms with Gasteiger partial charge in [-0.15, -0.1) is 0 Å². The quantitative estimate of drug-likeness (QED) is 0.795. The minimum absolute atomic E-state index is 0.304. The van der Waals surface area contributed by atoms with Crippen molar-refractivity contribution in [2.75, 3.05) is 0 Å². The first-order valence-electron chi connectivity index (χ1n) is 5.58. The third kappa shape index (κ3) is 1.61. The molecule has 0 bridgehead atoms. The van der Waals surface area contributed by atoms with E-state index in [0.717, 1.165) is 25.7 Å². The van der Waals surface area contributed by atoms with Gasteiger partial charge >= 0.3 is 0 Å². The Morgan fingerprint density at radius 1 is 1.12 bits per heavy atom. The SMILES string of the molecule is O=S(=O)(C1CCCC1)n1cnc2nccnc21. The van der Waals surface area contributed by atoms with Crippen LogP contribution in [0.2, 0.25) is 0 Å². The third-order valence-corrected chi connectivity index (χ3v) is 5.28. The van der Waals surface area contributed by atoms with E-state index in [9.17, 15) is 8.42 Å². The van der Waals surface area contributed by atoms with Gasteiger partial charge in [0.15, 0.2) is 11.3 Å². The van der Waals surface area contributed by atoms with Crippen molar-refractivity contribution in [2.45, 2.75) is 30.9 Å². The first-order chi connectivity index (χ1) is 8.19. The average molecular weight is 252 g/mol. The van der Waals surface area contributed by atoms with E-state index in [0.29, 0.717) is 11.3 Å². The van der Waals surface area contributed by atoms with Crippen LogP contribution in [-0.4, -0.2) is 32.6 Å². The maximum absolute atomic E-state index is 12.4. The second-order valence-electron chi connectivity index (χ2n) is 4.20. The van der Waals surface area contributed by atoms with Crippen molar-refractivity contribution in [1.29, 1.82) is 0 Å². The molecule has 1 saturated carbocycles. The molecule has 0 saturated heterocycles. The normalized spacial score (nSPS) is 17.9. The topological polar surface area (TPSA) is 77.7 Å². The third-order valence-electron chi connectivity index (χ3n) is 3.15. The number of hydrogen-bond acceptors (Lipinski definition) is 5. The van der Waals surface area contributed by atoms with Gasteiger partial charge < -0.3 is 0 Å². The second kappa shape index (κ2) is 3.76. The van der Waals surface area contributed by atoms with Crippen LogP contribution >= 0.6 is 0 Å². The van der Waals surface area contributed by atoms with Crippen LogP contribution < -0.4 is 0 Å². The average Bonchev–Trinajstić information content (AvgIpc) is 2.99. The Morgan fingerprint density at radius 3 is 2.59 bits per heavy atom. The van der Waals surface area contributed by atoms with Crippen LogP contribution in [0.5, 0.6) is 0 Å². The zero-order valence-corrected chi connectivity index (χ0v) is 9.97. The van der Waals surface area contributed by atoms with Crippen LogP contribution in [0.4, 0.5) is 0 Å². The zero-order valence-electron chi connectivity index (χ0n) is 9.15. The molecule has 1 aliphatic rings. The van der Waals surface area contributed by atoms with Gasteiger partial charge in [-0.25, -0.2) is 27.3 Å². The van der Waals surface area contributed by atoms with E-state index in [4.69, 9.17) is 0 Å². The predicted octanol–water partition coefficient (Wildman–Crippen LogP) is 0.947. The summed E-state index contributed by atoms with van der Waals surface area (Å²) in [4.78, 5) is 12.0. The Kier molecular flexibility index (Phi) is 2.36.